The van der Waals surface area contributed by atoms with Gasteiger partial charge in [-0.25, -0.2) is 0 Å². The molecule has 150 valence electrons. The molecule has 0 aromatic heterocycles. The maximum atomic E-state index is 11.4. The Morgan fingerprint density at radius 3 is 2.70 bits per heavy atom. The molecular weight excluding hydrogens is 366 g/mol. The van der Waals surface area contributed by atoms with E-state index in [0.717, 1.165) is 30.7 Å². The standard InChI is InChI=1S/C20H29NO5S/c1-12(22)25-18-11-16-13(10-19(18)26-27(21,23)24)5-6-15-14(16)7-9-20(2)8-3-4-17(15)20/h10-12,14-15,17,22H,3-9H2,1-2H3,(H2,21,23,24)/t12?,14?,15?,17?,20-/m0/s1. The van der Waals surface area contributed by atoms with Crippen molar-refractivity contribution < 1.29 is 22.4 Å². The van der Waals surface area contributed by atoms with Crippen LogP contribution in [0.4, 0.5) is 0 Å². The zero-order chi connectivity index (χ0) is 19.4. The van der Waals surface area contributed by atoms with Gasteiger partial charge in [0.15, 0.2) is 17.8 Å². The van der Waals surface area contributed by atoms with Crippen LogP contribution in [0.5, 0.6) is 11.5 Å². The highest BCUT2D eigenvalue weighted by atomic mass is 32.2. The van der Waals surface area contributed by atoms with E-state index in [1.54, 1.807) is 6.07 Å². The van der Waals surface area contributed by atoms with E-state index in [1.165, 1.54) is 38.2 Å². The van der Waals surface area contributed by atoms with Crippen LogP contribution in [0.25, 0.3) is 0 Å². The lowest BCUT2D eigenvalue weighted by molar-refractivity contribution is -0.00175. The van der Waals surface area contributed by atoms with Gasteiger partial charge in [0.1, 0.15) is 0 Å². The number of aliphatic hydroxyl groups is 1. The molecule has 0 radical (unpaired) electrons. The summed E-state index contributed by atoms with van der Waals surface area (Å²) >= 11 is 0. The molecule has 3 N–H and O–H groups in total. The molecule has 4 rings (SSSR count). The highest BCUT2D eigenvalue weighted by molar-refractivity contribution is 7.84. The summed E-state index contributed by atoms with van der Waals surface area (Å²) < 4.78 is 33.3. The molecule has 0 spiro atoms. The maximum Gasteiger partial charge on any atom is 0.380 e. The molecule has 6 nitrogen and oxygen atoms in total. The molecule has 27 heavy (non-hydrogen) atoms. The zero-order valence-corrected chi connectivity index (χ0v) is 16.8. The van der Waals surface area contributed by atoms with Crippen molar-refractivity contribution >= 4 is 10.3 Å². The average molecular weight is 396 g/mol. The number of ether oxygens (including phenoxy) is 1. The summed E-state index contributed by atoms with van der Waals surface area (Å²) in [5, 5.41) is 14.7. The van der Waals surface area contributed by atoms with Crippen LogP contribution in [-0.4, -0.2) is 19.8 Å². The summed E-state index contributed by atoms with van der Waals surface area (Å²) in [5.41, 5.74) is 2.81. The van der Waals surface area contributed by atoms with Crippen LogP contribution < -0.4 is 14.1 Å². The SMILES string of the molecule is CC(O)Oc1cc2c(cc1OS(N)(=O)=O)CCC1C2CC[C@]2(C)CCCC12. The molecule has 5 atom stereocenters. The second-order valence-corrected chi connectivity index (χ2v) is 9.94. The Balaban J connectivity index is 1.72. The Hall–Kier alpha value is -1.31. The summed E-state index contributed by atoms with van der Waals surface area (Å²) in [6, 6.07) is 3.60. The Morgan fingerprint density at radius 1 is 1.22 bits per heavy atom. The van der Waals surface area contributed by atoms with Crippen LogP contribution in [0.3, 0.4) is 0 Å². The monoisotopic (exact) mass is 395 g/mol. The Kier molecular flexibility index (Phi) is 4.68. The van der Waals surface area contributed by atoms with Crippen molar-refractivity contribution in [2.24, 2.45) is 22.4 Å². The van der Waals surface area contributed by atoms with Gasteiger partial charge in [0, 0.05) is 0 Å². The van der Waals surface area contributed by atoms with Crippen molar-refractivity contribution in [2.75, 3.05) is 0 Å². The van der Waals surface area contributed by atoms with Crippen LogP contribution in [0.15, 0.2) is 12.1 Å². The van der Waals surface area contributed by atoms with Crippen LogP contribution in [-0.2, 0) is 16.7 Å². The first-order valence-electron chi connectivity index (χ1n) is 9.90. The lowest BCUT2D eigenvalue weighted by atomic mass is 9.56. The second-order valence-electron chi connectivity index (χ2n) is 8.79. The van der Waals surface area contributed by atoms with Gasteiger partial charge in [0.2, 0.25) is 0 Å². The summed E-state index contributed by atoms with van der Waals surface area (Å²) in [4.78, 5) is 0. The van der Waals surface area contributed by atoms with Crippen molar-refractivity contribution in [3.05, 3.63) is 23.3 Å². The molecule has 0 saturated heterocycles. The summed E-state index contributed by atoms with van der Waals surface area (Å²) in [7, 11) is -4.17. The van der Waals surface area contributed by atoms with E-state index in [9.17, 15) is 13.5 Å². The fourth-order valence-corrected chi connectivity index (χ4v) is 6.42. The first kappa shape index (κ1) is 19.0. The van der Waals surface area contributed by atoms with Crippen molar-refractivity contribution in [1.82, 2.24) is 0 Å². The summed E-state index contributed by atoms with van der Waals surface area (Å²) in [6.07, 6.45) is 7.32. The lowest BCUT2D eigenvalue weighted by Gasteiger charge is -2.49. The van der Waals surface area contributed by atoms with Gasteiger partial charge in [0.05, 0.1) is 0 Å². The predicted octanol–water partition coefficient (Wildman–Crippen LogP) is 3.23. The molecule has 2 fully saturated rings. The third-order valence-corrected chi connectivity index (χ3v) is 7.49. The molecule has 4 unspecified atom stereocenters. The first-order chi connectivity index (χ1) is 12.7. The fraction of sp³-hybridized carbons (Fsp3) is 0.700. The lowest BCUT2D eigenvalue weighted by Crippen LogP contribution is -2.39. The van der Waals surface area contributed by atoms with E-state index in [-0.39, 0.29) is 11.5 Å². The van der Waals surface area contributed by atoms with Crippen molar-refractivity contribution in [3.8, 4) is 11.5 Å². The first-order valence-corrected chi connectivity index (χ1v) is 11.4. The largest absolute Gasteiger partial charge is 0.461 e. The molecule has 0 amide bonds. The number of nitrogens with two attached hydrogens (primary N) is 1. The van der Waals surface area contributed by atoms with Gasteiger partial charge in [-0.1, -0.05) is 13.3 Å². The van der Waals surface area contributed by atoms with Crippen LogP contribution in [0.2, 0.25) is 0 Å². The molecule has 1 aromatic rings. The third-order valence-electron chi connectivity index (χ3n) is 7.07. The van der Waals surface area contributed by atoms with Crippen LogP contribution in [0, 0.1) is 17.3 Å². The van der Waals surface area contributed by atoms with Gasteiger partial charge in [-0.05, 0) is 91.9 Å². The van der Waals surface area contributed by atoms with Gasteiger partial charge >= 0.3 is 10.3 Å². The van der Waals surface area contributed by atoms with Crippen LogP contribution in [0.1, 0.15) is 69.4 Å². The zero-order valence-electron chi connectivity index (χ0n) is 16.0. The van der Waals surface area contributed by atoms with Gasteiger partial charge in [-0.2, -0.15) is 13.6 Å². The number of hydrogen-bond donors (Lipinski definition) is 2. The maximum absolute atomic E-state index is 11.4. The number of benzene rings is 1. The van der Waals surface area contributed by atoms with Gasteiger partial charge < -0.3 is 14.0 Å². The van der Waals surface area contributed by atoms with Crippen molar-refractivity contribution in [1.29, 1.82) is 0 Å². The highest BCUT2D eigenvalue weighted by Crippen LogP contribution is 2.61. The minimum atomic E-state index is -4.17. The molecule has 0 aliphatic heterocycles. The minimum absolute atomic E-state index is 0.0529. The van der Waals surface area contributed by atoms with Gasteiger partial charge in [0.25, 0.3) is 0 Å². The summed E-state index contributed by atoms with van der Waals surface area (Å²) in [5.74, 6) is 2.19. The smallest absolute Gasteiger partial charge is 0.380 e. The third kappa shape index (κ3) is 3.57. The number of fused-ring (bicyclic) bond motifs is 5. The molecule has 3 aliphatic rings. The normalized spacial score (nSPS) is 33.6. The highest BCUT2D eigenvalue weighted by Gasteiger charge is 2.50. The number of rotatable bonds is 4. The summed E-state index contributed by atoms with van der Waals surface area (Å²) in [6.45, 7) is 3.94. The molecule has 7 heteroatoms. The Labute approximate surface area is 161 Å². The van der Waals surface area contributed by atoms with E-state index >= 15 is 0 Å². The second kappa shape index (κ2) is 6.64. The minimum Gasteiger partial charge on any atom is -0.461 e. The molecule has 1 aromatic carbocycles. The van der Waals surface area contributed by atoms with Crippen LogP contribution >= 0.6 is 0 Å². The molecular formula is C20H29NO5S. The van der Waals surface area contributed by atoms with E-state index in [0.29, 0.717) is 17.3 Å². The van der Waals surface area contributed by atoms with Crippen molar-refractivity contribution in [3.63, 3.8) is 0 Å². The van der Waals surface area contributed by atoms with E-state index in [1.807, 2.05) is 6.07 Å². The predicted molar refractivity (Wildman–Crippen MR) is 102 cm³/mol. The van der Waals surface area contributed by atoms with Gasteiger partial charge in [-0.15, -0.1) is 0 Å². The van der Waals surface area contributed by atoms with E-state index in [4.69, 9.17) is 14.1 Å². The quantitative estimate of drug-likeness (QED) is 0.763. The molecule has 0 heterocycles. The van der Waals surface area contributed by atoms with Gasteiger partial charge in [-0.3, -0.25) is 0 Å². The fourth-order valence-electron chi connectivity index (χ4n) is 6.04. The van der Waals surface area contributed by atoms with E-state index < -0.39 is 16.6 Å². The number of aryl methyl sites for hydroxylation is 1. The molecule has 2 saturated carbocycles. The molecule has 3 aliphatic carbocycles. The Bertz CT molecular complexity index is 837. The molecule has 0 bridgehead atoms. The van der Waals surface area contributed by atoms with Crippen molar-refractivity contribution in [2.45, 2.75) is 71.0 Å². The number of hydrogen-bond acceptors (Lipinski definition) is 5. The topological polar surface area (TPSA) is 98.8 Å². The average Bonchev–Trinajstić information content (AvgIpc) is 2.95. The number of aliphatic hydroxyl groups excluding tert-OH is 1. The van der Waals surface area contributed by atoms with E-state index in [2.05, 4.69) is 6.92 Å². The Morgan fingerprint density at radius 2 is 2.00 bits per heavy atom.